The maximum atomic E-state index is 6.46. The number of allylic oxidation sites excluding steroid dienone is 2. The van der Waals surface area contributed by atoms with Gasteiger partial charge in [-0.15, -0.1) is 0 Å². The highest BCUT2D eigenvalue weighted by molar-refractivity contribution is 6.23. The monoisotopic (exact) mass is 424 g/mol. The summed E-state index contributed by atoms with van der Waals surface area (Å²) in [6.07, 6.45) is 8.69. The Morgan fingerprint density at radius 1 is 0.667 bits per heavy atom. The SMILES string of the molecule is C1=CC2Oc3c(ccc4c3[nH]c3c4ccc4c5ccccc5n(-c5ccccc5)c43)C2C=C1. The van der Waals surface area contributed by atoms with E-state index in [4.69, 9.17) is 4.74 Å². The van der Waals surface area contributed by atoms with Crippen LogP contribution in [-0.4, -0.2) is 15.7 Å². The summed E-state index contributed by atoms with van der Waals surface area (Å²) in [4.78, 5) is 3.81. The molecule has 8 rings (SSSR count). The standard InChI is InChI=1S/C30H20N2O/c1-2-8-18(9-3-1)32-25-12-6-4-10-19(25)23-16-14-21-22-15-17-24-20-11-5-7-13-26(20)33-30(24)28(22)31-27(21)29(23)32/h1-17,20,26,31H. The molecule has 6 aromatic rings. The fraction of sp³-hybridized carbons (Fsp3) is 0.0667. The summed E-state index contributed by atoms with van der Waals surface area (Å²) >= 11 is 0. The second-order valence-electron chi connectivity index (χ2n) is 8.98. The Balaban J connectivity index is 1.53. The molecule has 2 aliphatic rings. The Labute approximate surface area is 190 Å². The highest BCUT2D eigenvalue weighted by Crippen LogP contribution is 2.47. The van der Waals surface area contributed by atoms with Crippen molar-refractivity contribution >= 4 is 43.6 Å². The van der Waals surface area contributed by atoms with Crippen LogP contribution in [0.5, 0.6) is 5.75 Å². The van der Waals surface area contributed by atoms with Crippen LogP contribution in [0.15, 0.2) is 103 Å². The largest absolute Gasteiger partial charge is 0.483 e. The summed E-state index contributed by atoms with van der Waals surface area (Å²) in [7, 11) is 0. The van der Waals surface area contributed by atoms with Crippen LogP contribution >= 0.6 is 0 Å². The van der Waals surface area contributed by atoms with Crippen LogP contribution in [0, 0.1) is 0 Å². The van der Waals surface area contributed by atoms with Crippen LogP contribution in [0.4, 0.5) is 0 Å². The van der Waals surface area contributed by atoms with Crippen LogP contribution in [-0.2, 0) is 0 Å². The van der Waals surface area contributed by atoms with E-state index in [2.05, 4.69) is 113 Å². The van der Waals surface area contributed by atoms with Crippen molar-refractivity contribution in [3.8, 4) is 11.4 Å². The van der Waals surface area contributed by atoms with E-state index < -0.39 is 0 Å². The highest BCUT2D eigenvalue weighted by atomic mass is 16.5. The molecule has 1 aliphatic carbocycles. The lowest BCUT2D eigenvalue weighted by molar-refractivity contribution is 0.271. The predicted octanol–water partition coefficient (Wildman–Crippen LogP) is 7.39. The zero-order valence-electron chi connectivity index (χ0n) is 17.8. The molecule has 0 bridgehead atoms. The summed E-state index contributed by atoms with van der Waals surface area (Å²) < 4.78 is 8.85. The number of aromatic amines is 1. The Morgan fingerprint density at radius 2 is 1.42 bits per heavy atom. The molecule has 0 radical (unpaired) electrons. The third kappa shape index (κ3) is 2.19. The number of hydrogen-bond acceptors (Lipinski definition) is 1. The van der Waals surface area contributed by atoms with Crippen molar-refractivity contribution in [1.29, 1.82) is 0 Å². The molecule has 3 nitrogen and oxygen atoms in total. The maximum Gasteiger partial charge on any atom is 0.148 e. The summed E-state index contributed by atoms with van der Waals surface area (Å²) in [5, 5.41) is 4.96. The smallest absolute Gasteiger partial charge is 0.148 e. The minimum absolute atomic E-state index is 0.0813. The zero-order valence-corrected chi connectivity index (χ0v) is 17.8. The molecule has 0 saturated carbocycles. The third-order valence-corrected chi connectivity index (χ3v) is 7.28. The lowest BCUT2D eigenvalue weighted by Crippen LogP contribution is -2.15. The van der Waals surface area contributed by atoms with Gasteiger partial charge in [0.05, 0.1) is 22.1 Å². The zero-order chi connectivity index (χ0) is 21.5. The number of aromatic nitrogens is 2. The lowest BCUT2D eigenvalue weighted by Gasteiger charge is -2.13. The van der Waals surface area contributed by atoms with Gasteiger partial charge in [-0.3, -0.25) is 0 Å². The minimum atomic E-state index is 0.0813. The topological polar surface area (TPSA) is 29.9 Å². The van der Waals surface area contributed by atoms with Crippen LogP contribution in [0.1, 0.15) is 11.5 Å². The first-order chi connectivity index (χ1) is 16.4. The van der Waals surface area contributed by atoms with Crippen LogP contribution < -0.4 is 4.74 Å². The van der Waals surface area contributed by atoms with Crippen molar-refractivity contribution in [2.45, 2.75) is 12.0 Å². The molecule has 0 fully saturated rings. The van der Waals surface area contributed by atoms with Gasteiger partial charge < -0.3 is 14.3 Å². The number of nitrogens with one attached hydrogen (secondary N) is 1. The van der Waals surface area contributed by atoms with Gasteiger partial charge in [0.1, 0.15) is 11.9 Å². The molecule has 0 saturated heterocycles. The van der Waals surface area contributed by atoms with E-state index in [1.807, 2.05) is 0 Å². The van der Waals surface area contributed by atoms with Gasteiger partial charge in [-0.05, 0) is 24.3 Å². The molecule has 4 aromatic carbocycles. The third-order valence-electron chi connectivity index (χ3n) is 7.28. The number of ether oxygens (including phenoxy) is 1. The predicted molar refractivity (Wildman–Crippen MR) is 136 cm³/mol. The fourth-order valence-corrected chi connectivity index (χ4v) is 5.83. The van der Waals surface area contributed by atoms with Gasteiger partial charge in [-0.2, -0.15) is 0 Å². The molecule has 2 atom stereocenters. The Kier molecular flexibility index (Phi) is 3.24. The van der Waals surface area contributed by atoms with Gasteiger partial charge in [0.15, 0.2) is 0 Å². The number of para-hydroxylation sites is 2. The molecular formula is C30H20N2O. The molecule has 0 spiro atoms. The number of benzene rings is 4. The van der Waals surface area contributed by atoms with Gasteiger partial charge in [-0.25, -0.2) is 0 Å². The Morgan fingerprint density at radius 3 is 2.36 bits per heavy atom. The molecule has 1 N–H and O–H groups in total. The van der Waals surface area contributed by atoms with Crippen LogP contribution in [0.3, 0.4) is 0 Å². The maximum absolute atomic E-state index is 6.46. The van der Waals surface area contributed by atoms with E-state index in [9.17, 15) is 0 Å². The number of fused-ring (bicyclic) bond motifs is 11. The van der Waals surface area contributed by atoms with E-state index in [1.54, 1.807) is 0 Å². The highest BCUT2D eigenvalue weighted by Gasteiger charge is 2.34. The van der Waals surface area contributed by atoms with Crippen LogP contribution in [0.25, 0.3) is 49.3 Å². The van der Waals surface area contributed by atoms with Crippen molar-refractivity contribution in [3.05, 3.63) is 109 Å². The van der Waals surface area contributed by atoms with Crippen molar-refractivity contribution < 1.29 is 4.74 Å². The molecule has 33 heavy (non-hydrogen) atoms. The molecular weight excluding hydrogens is 404 g/mol. The summed E-state index contributed by atoms with van der Waals surface area (Å²) in [5.74, 6) is 1.28. The van der Waals surface area contributed by atoms with E-state index in [-0.39, 0.29) is 12.0 Å². The van der Waals surface area contributed by atoms with Gasteiger partial charge in [0, 0.05) is 38.7 Å². The molecule has 2 aromatic heterocycles. The van der Waals surface area contributed by atoms with Crippen molar-refractivity contribution in [2.75, 3.05) is 0 Å². The van der Waals surface area contributed by atoms with E-state index in [0.29, 0.717) is 0 Å². The first-order valence-corrected chi connectivity index (χ1v) is 11.5. The van der Waals surface area contributed by atoms with Gasteiger partial charge in [0.2, 0.25) is 0 Å². The first-order valence-electron chi connectivity index (χ1n) is 11.5. The average molecular weight is 425 g/mol. The van der Waals surface area contributed by atoms with E-state index in [1.165, 1.54) is 38.1 Å². The van der Waals surface area contributed by atoms with Crippen molar-refractivity contribution in [1.82, 2.24) is 9.55 Å². The molecule has 2 unspecified atom stereocenters. The minimum Gasteiger partial charge on any atom is -0.483 e. The molecule has 1 aliphatic heterocycles. The lowest BCUT2D eigenvalue weighted by atomic mass is 9.91. The average Bonchev–Trinajstić information content (AvgIpc) is 3.53. The van der Waals surface area contributed by atoms with E-state index >= 15 is 0 Å². The van der Waals surface area contributed by atoms with Crippen LogP contribution in [0.2, 0.25) is 0 Å². The number of rotatable bonds is 1. The number of nitrogens with zero attached hydrogens (tertiary/aromatic N) is 1. The van der Waals surface area contributed by atoms with E-state index in [0.717, 1.165) is 22.5 Å². The second-order valence-corrected chi connectivity index (χ2v) is 8.98. The normalized spacial score (nSPS) is 18.9. The Hall–Kier alpha value is -4.24. The number of hydrogen-bond donors (Lipinski definition) is 1. The first kappa shape index (κ1) is 17.3. The Bertz CT molecular complexity index is 1800. The van der Waals surface area contributed by atoms with Gasteiger partial charge in [-0.1, -0.05) is 78.9 Å². The van der Waals surface area contributed by atoms with Gasteiger partial charge >= 0.3 is 0 Å². The number of H-pyrrole nitrogens is 1. The quantitative estimate of drug-likeness (QED) is 0.293. The molecule has 3 heteroatoms. The second kappa shape index (κ2) is 6.17. The van der Waals surface area contributed by atoms with Gasteiger partial charge in [0.25, 0.3) is 0 Å². The molecule has 3 heterocycles. The molecule has 156 valence electrons. The summed E-state index contributed by atoms with van der Waals surface area (Å²) in [6.45, 7) is 0. The van der Waals surface area contributed by atoms with Crippen molar-refractivity contribution in [2.24, 2.45) is 0 Å². The summed E-state index contributed by atoms with van der Waals surface area (Å²) in [6, 6.07) is 28.3. The fourth-order valence-electron chi connectivity index (χ4n) is 5.83. The molecule has 0 amide bonds. The van der Waals surface area contributed by atoms with Crippen molar-refractivity contribution in [3.63, 3.8) is 0 Å². The summed E-state index contributed by atoms with van der Waals surface area (Å²) in [5.41, 5.74) is 7.10.